The molecule has 2 rings (SSSR count). The number of benzene rings is 1. The fourth-order valence-electron chi connectivity index (χ4n) is 1.93. The normalized spacial score (nSPS) is 13.5. The van der Waals surface area contributed by atoms with Gasteiger partial charge in [-0.25, -0.2) is 0 Å². The summed E-state index contributed by atoms with van der Waals surface area (Å²) in [5.41, 5.74) is 8.18. The number of nitrogens with two attached hydrogens (primary N) is 1. The quantitative estimate of drug-likeness (QED) is 0.741. The van der Waals surface area contributed by atoms with Crippen LogP contribution in [0.2, 0.25) is 0 Å². The Labute approximate surface area is 113 Å². The highest BCUT2D eigenvalue weighted by Crippen LogP contribution is 2.30. The predicted octanol–water partition coefficient (Wildman–Crippen LogP) is 2.70. The van der Waals surface area contributed by atoms with E-state index in [4.69, 9.17) is 5.73 Å². The van der Waals surface area contributed by atoms with Crippen molar-refractivity contribution in [1.29, 1.82) is 0 Å². The Morgan fingerprint density at radius 3 is 2.63 bits per heavy atom. The van der Waals surface area contributed by atoms with Gasteiger partial charge in [-0.15, -0.1) is 0 Å². The van der Waals surface area contributed by atoms with Gasteiger partial charge in [-0.2, -0.15) is 0 Å². The second-order valence-electron chi connectivity index (χ2n) is 5.60. The molecule has 0 bridgehead atoms. The van der Waals surface area contributed by atoms with E-state index in [-0.39, 0.29) is 0 Å². The van der Waals surface area contributed by atoms with Crippen LogP contribution in [0.3, 0.4) is 0 Å². The first-order valence-electron chi connectivity index (χ1n) is 6.42. The number of nitrogens with one attached hydrogen (secondary N) is 1. The molecule has 1 atom stereocenters. The summed E-state index contributed by atoms with van der Waals surface area (Å²) >= 11 is 0. The average molecular weight is 259 g/mol. The van der Waals surface area contributed by atoms with Crippen molar-refractivity contribution in [2.75, 3.05) is 11.1 Å². The minimum atomic E-state index is -0.469. The fourth-order valence-corrected chi connectivity index (χ4v) is 1.93. The molecule has 0 aliphatic rings. The Morgan fingerprint density at radius 1 is 1.32 bits per heavy atom. The molecular weight excluding hydrogens is 238 g/mol. The van der Waals surface area contributed by atoms with E-state index in [1.807, 2.05) is 39.0 Å². The maximum Gasteiger partial charge on any atom is 0.0736 e. The second kappa shape index (κ2) is 4.70. The molecule has 0 saturated heterocycles. The molecule has 102 valence electrons. The van der Waals surface area contributed by atoms with Crippen molar-refractivity contribution in [3.63, 3.8) is 0 Å². The van der Waals surface area contributed by atoms with Gasteiger partial charge in [-0.1, -0.05) is 0 Å². The van der Waals surface area contributed by atoms with Crippen LogP contribution in [0.15, 0.2) is 24.4 Å². The first kappa shape index (κ1) is 13.6. The summed E-state index contributed by atoms with van der Waals surface area (Å²) in [6.45, 7) is 7.66. The Morgan fingerprint density at radius 2 is 2.00 bits per heavy atom. The van der Waals surface area contributed by atoms with E-state index >= 15 is 0 Å². The smallest absolute Gasteiger partial charge is 0.0736 e. The molecular formula is C15H21N3O. The number of pyridine rings is 1. The summed E-state index contributed by atoms with van der Waals surface area (Å²) in [5.74, 6) is 0. The SMILES string of the molecule is Cc1cc2c(NC(C)(C)C(C)O)ccc(N)c2cn1. The summed E-state index contributed by atoms with van der Waals surface area (Å²) in [5, 5.41) is 15.2. The van der Waals surface area contributed by atoms with E-state index in [1.54, 1.807) is 13.1 Å². The zero-order chi connectivity index (χ0) is 14.2. The molecule has 1 unspecified atom stereocenters. The zero-order valence-corrected chi connectivity index (χ0v) is 11.9. The fraction of sp³-hybridized carbons (Fsp3) is 0.400. The van der Waals surface area contributed by atoms with Gasteiger partial charge in [-0.3, -0.25) is 4.98 Å². The summed E-state index contributed by atoms with van der Waals surface area (Å²) in [7, 11) is 0. The molecule has 1 heterocycles. The van der Waals surface area contributed by atoms with Gasteiger partial charge >= 0.3 is 0 Å². The van der Waals surface area contributed by atoms with Crippen LogP contribution in [-0.4, -0.2) is 21.7 Å². The largest absolute Gasteiger partial charge is 0.398 e. The molecule has 0 aliphatic carbocycles. The first-order valence-corrected chi connectivity index (χ1v) is 6.42. The Hall–Kier alpha value is -1.81. The molecule has 0 fully saturated rings. The van der Waals surface area contributed by atoms with Gasteiger partial charge in [0, 0.05) is 34.0 Å². The second-order valence-corrected chi connectivity index (χ2v) is 5.60. The van der Waals surface area contributed by atoms with Crippen molar-refractivity contribution in [2.45, 2.75) is 39.3 Å². The highest BCUT2D eigenvalue weighted by atomic mass is 16.3. The van der Waals surface area contributed by atoms with Gasteiger partial charge in [0.1, 0.15) is 0 Å². The first-order chi connectivity index (χ1) is 8.81. The third kappa shape index (κ3) is 2.63. The number of hydrogen-bond donors (Lipinski definition) is 3. The molecule has 4 nitrogen and oxygen atoms in total. The lowest BCUT2D eigenvalue weighted by atomic mass is 9.97. The Bertz CT molecular complexity index is 606. The highest BCUT2D eigenvalue weighted by Gasteiger charge is 2.24. The summed E-state index contributed by atoms with van der Waals surface area (Å²) < 4.78 is 0. The van der Waals surface area contributed by atoms with Crippen molar-refractivity contribution in [2.24, 2.45) is 0 Å². The van der Waals surface area contributed by atoms with Crippen LogP contribution >= 0.6 is 0 Å². The predicted molar refractivity (Wildman–Crippen MR) is 80.3 cm³/mol. The maximum absolute atomic E-state index is 9.82. The number of anilines is 2. The highest BCUT2D eigenvalue weighted by molar-refractivity contribution is 6.01. The van der Waals surface area contributed by atoms with E-state index in [2.05, 4.69) is 10.3 Å². The molecule has 0 radical (unpaired) electrons. The lowest BCUT2D eigenvalue weighted by molar-refractivity contribution is 0.133. The molecule has 0 amide bonds. The number of aliphatic hydroxyl groups is 1. The van der Waals surface area contributed by atoms with E-state index in [1.165, 1.54) is 0 Å². The van der Waals surface area contributed by atoms with Crippen molar-refractivity contribution >= 4 is 22.1 Å². The number of aromatic nitrogens is 1. The van der Waals surface area contributed by atoms with Crippen molar-refractivity contribution < 1.29 is 5.11 Å². The van der Waals surface area contributed by atoms with Gasteiger partial charge in [0.15, 0.2) is 0 Å². The molecule has 19 heavy (non-hydrogen) atoms. The molecule has 4 heteroatoms. The average Bonchev–Trinajstić information content (AvgIpc) is 2.32. The lowest BCUT2D eigenvalue weighted by Gasteiger charge is -2.31. The molecule has 1 aromatic heterocycles. The van der Waals surface area contributed by atoms with E-state index < -0.39 is 11.6 Å². The number of aliphatic hydroxyl groups excluding tert-OH is 1. The monoisotopic (exact) mass is 259 g/mol. The minimum absolute atomic E-state index is 0.416. The number of rotatable bonds is 3. The van der Waals surface area contributed by atoms with Gasteiger partial charge < -0.3 is 16.2 Å². The Kier molecular flexibility index (Phi) is 3.37. The third-order valence-corrected chi connectivity index (χ3v) is 3.57. The van der Waals surface area contributed by atoms with Gasteiger partial charge in [0.25, 0.3) is 0 Å². The van der Waals surface area contributed by atoms with E-state index in [9.17, 15) is 5.11 Å². The van der Waals surface area contributed by atoms with Gasteiger partial charge in [-0.05, 0) is 45.9 Å². The van der Waals surface area contributed by atoms with Crippen LogP contribution in [0.1, 0.15) is 26.5 Å². The van der Waals surface area contributed by atoms with Crippen LogP contribution in [-0.2, 0) is 0 Å². The topological polar surface area (TPSA) is 71.2 Å². The molecule has 1 aromatic carbocycles. The number of nitrogen functional groups attached to an aromatic ring is 1. The zero-order valence-electron chi connectivity index (χ0n) is 11.9. The molecule has 0 spiro atoms. The van der Waals surface area contributed by atoms with Crippen LogP contribution in [0.25, 0.3) is 10.8 Å². The van der Waals surface area contributed by atoms with Crippen molar-refractivity contribution in [1.82, 2.24) is 4.98 Å². The molecule has 4 N–H and O–H groups in total. The molecule has 2 aromatic rings. The van der Waals surface area contributed by atoms with Gasteiger partial charge in [0.05, 0.1) is 11.6 Å². The molecule has 0 saturated carbocycles. The van der Waals surface area contributed by atoms with Gasteiger partial charge in [0.2, 0.25) is 0 Å². The third-order valence-electron chi connectivity index (χ3n) is 3.57. The van der Waals surface area contributed by atoms with Crippen LogP contribution in [0, 0.1) is 6.92 Å². The summed E-state index contributed by atoms with van der Waals surface area (Å²) in [6, 6.07) is 5.81. The molecule has 0 aliphatic heterocycles. The number of fused-ring (bicyclic) bond motifs is 1. The summed E-state index contributed by atoms with van der Waals surface area (Å²) in [6.07, 6.45) is 1.32. The Balaban J connectivity index is 2.55. The van der Waals surface area contributed by atoms with Crippen LogP contribution < -0.4 is 11.1 Å². The standard InChI is InChI=1S/C15H21N3O/c1-9-7-11-12(8-17-9)13(16)5-6-14(11)18-15(3,4)10(2)19/h5-8,10,18-19H,16H2,1-4H3. The summed E-state index contributed by atoms with van der Waals surface area (Å²) in [4.78, 5) is 4.28. The maximum atomic E-state index is 9.82. The van der Waals surface area contributed by atoms with Crippen molar-refractivity contribution in [3.8, 4) is 0 Å². The van der Waals surface area contributed by atoms with Crippen LogP contribution in [0.4, 0.5) is 11.4 Å². The van der Waals surface area contributed by atoms with Crippen LogP contribution in [0.5, 0.6) is 0 Å². The minimum Gasteiger partial charge on any atom is -0.398 e. The van der Waals surface area contributed by atoms with E-state index in [0.717, 1.165) is 22.2 Å². The number of aryl methyl sites for hydroxylation is 1. The number of nitrogens with zero attached hydrogens (tertiary/aromatic N) is 1. The van der Waals surface area contributed by atoms with E-state index in [0.29, 0.717) is 5.69 Å². The lowest BCUT2D eigenvalue weighted by Crippen LogP contribution is -2.41. The van der Waals surface area contributed by atoms with Crippen molar-refractivity contribution in [3.05, 3.63) is 30.1 Å². The number of hydrogen-bond acceptors (Lipinski definition) is 4.